The second kappa shape index (κ2) is 10.3. The maximum atomic E-state index is 13.3. The lowest BCUT2D eigenvalue weighted by molar-refractivity contribution is -0.139. The Morgan fingerprint density at radius 2 is 1.77 bits per heavy atom. The number of carbonyl (C=O) groups excluding carboxylic acids is 2. The van der Waals surface area contributed by atoms with Gasteiger partial charge in [0.05, 0.1) is 17.0 Å². The Bertz CT molecular complexity index is 1080. The molecule has 0 aliphatic carbocycles. The summed E-state index contributed by atoms with van der Waals surface area (Å²) in [5.74, 6) is -0.909. The molecule has 0 unspecified atom stereocenters. The highest BCUT2D eigenvalue weighted by molar-refractivity contribution is 7.92. The third-order valence-electron chi connectivity index (χ3n) is 4.87. The van der Waals surface area contributed by atoms with Gasteiger partial charge in [0.2, 0.25) is 21.8 Å². The van der Waals surface area contributed by atoms with Gasteiger partial charge in [0, 0.05) is 18.6 Å². The predicted molar refractivity (Wildman–Crippen MR) is 124 cm³/mol. The topological polar surface area (TPSA) is 86.8 Å². The summed E-state index contributed by atoms with van der Waals surface area (Å²) >= 11 is 12.1. The summed E-state index contributed by atoms with van der Waals surface area (Å²) in [5.41, 5.74) is 1.93. The summed E-state index contributed by atoms with van der Waals surface area (Å²) < 4.78 is 25.9. The van der Waals surface area contributed by atoms with Crippen LogP contribution in [0.5, 0.6) is 0 Å². The average Bonchev–Trinajstić information content (AvgIpc) is 2.70. The Balaban J connectivity index is 2.43. The molecular weight excluding hydrogens is 461 g/mol. The lowest BCUT2D eigenvalue weighted by Gasteiger charge is -2.31. The van der Waals surface area contributed by atoms with E-state index in [0.717, 1.165) is 21.7 Å². The number of hydrogen-bond donors (Lipinski definition) is 1. The third-order valence-corrected chi connectivity index (χ3v) is 6.54. The molecule has 0 saturated carbocycles. The van der Waals surface area contributed by atoms with E-state index in [1.165, 1.54) is 30.1 Å². The number of sulfonamides is 1. The van der Waals surface area contributed by atoms with E-state index in [4.69, 9.17) is 23.2 Å². The minimum absolute atomic E-state index is 0.0931. The molecule has 0 aromatic heterocycles. The number of likely N-dealkylation sites (N-methyl/N-ethyl adjacent to an activating group) is 1. The highest BCUT2D eigenvalue weighted by Crippen LogP contribution is 2.30. The maximum absolute atomic E-state index is 13.3. The molecule has 168 valence electrons. The van der Waals surface area contributed by atoms with E-state index in [1.807, 2.05) is 31.2 Å². The fourth-order valence-corrected chi connectivity index (χ4v) is 4.46. The van der Waals surface area contributed by atoms with Crippen molar-refractivity contribution in [2.24, 2.45) is 0 Å². The normalized spacial score (nSPS) is 12.2. The standard InChI is InChI=1S/C21H25Cl2N3O4S/c1-14-7-5-6-8-16(14)12-25(15(2)21(28)24-3)20(27)13-26(31(4,29)30)19-10-9-17(22)11-18(19)23/h5-11,15H,12-13H2,1-4H3,(H,24,28)/t15-/m1/s1. The van der Waals surface area contributed by atoms with Crippen molar-refractivity contribution in [1.82, 2.24) is 10.2 Å². The second-order valence-electron chi connectivity index (χ2n) is 7.10. The van der Waals surface area contributed by atoms with Crippen LogP contribution in [-0.4, -0.2) is 51.0 Å². The molecule has 1 atom stereocenters. The van der Waals surface area contributed by atoms with E-state index in [2.05, 4.69) is 5.32 Å². The Kier molecular flexibility index (Phi) is 8.34. The summed E-state index contributed by atoms with van der Waals surface area (Å²) in [4.78, 5) is 27.0. The Labute approximate surface area is 193 Å². The van der Waals surface area contributed by atoms with Gasteiger partial charge in [0.25, 0.3) is 0 Å². The fraction of sp³-hybridized carbons (Fsp3) is 0.333. The van der Waals surface area contributed by atoms with Gasteiger partial charge >= 0.3 is 0 Å². The van der Waals surface area contributed by atoms with Crippen LogP contribution < -0.4 is 9.62 Å². The molecular formula is C21H25Cl2N3O4S. The molecule has 0 heterocycles. The fourth-order valence-electron chi connectivity index (χ4n) is 3.04. The van der Waals surface area contributed by atoms with E-state index < -0.39 is 28.5 Å². The van der Waals surface area contributed by atoms with Crippen LogP contribution in [0.3, 0.4) is 0 Å². The van der Waals surface area contributed by atoms with Crippen LogP contribution in [0.2, 0.25) is 10.0 Å². The SMILES string of the molecule is CNC(=O)[C@@H](C)N(Cc1ccccc1C)C(=O)CN(c1ccc(Cl)cc1Cl)S(C)(=O)=O. The van der Waals surface area contributed by atoms with Gasteiger partial charge in [-0.2, -0.15) is 0 Å². The lowest BCUT2D eigenvalue weighted by atomic mass is 10.1. The van der Waals surface area contributed by atoms with Gasteiger partial charge in [-0.1, -0.05) is 47.5 Å². The van der Waals surface area contributed by atoms with Crippen LogP contribution in [0.15, 0.2) is 42.5 Å². The molecule has 0 bridgehead atoms. The molecule has 1 N–H and O–H groups in total. The summed E-state index contributed by atoms with van der Waals surface area (Å²) in [5, 5.41) is 2.96. The number of nitrogens with one attached hydrogen (secondary N) is 1. The zero-order chi connectivity index (χ0) is 23.3. The molecule has 0 saturated heterocycles. The number of benzene rings is 2. The van der Waals surface area contributed by atoms with Gasteiger partial charge in [-0.3, -0.25) is 13.9 Å². The zero-order valence-corrected chi connectivity index (χ0v) is 20.1. The molecule has 2 rings (SSSR count). The average molecular weight is 486 g/mol. The van der Waals surface area contributed by atoms with Crippen molar-refractivity contribution in [3.8, 4) is 0 Å². The summed E-state index contributed by atoms with van der Waals surface area (Å²) in [6.45, 7) is 3.12. The Morgan fingerprint density at radius 3 is 2.32 bits per heavy atom. The number of aryl methyl sites for hydroxylation is 1. The number of amides is 2. The third kappa shape index (κ3) is 6.35. The molecule has 7 nitrogen and oxygen atoms in total. The van der Waals surface area contributed by atoms with Gasteiger partial charge in [-0.25, -0.2) is 8.42 Å². The van der Waals surface area contributed by atoms with Gasteiger partial charge in [0.1, 0.15) is 12.6 Å². The molecule has 0 aliphatic rings. The smallest absolute Gasteiger partial charge is 0.244 e. The van der Waals surface area contributed by atoms with Crippen molar-refractivity contribution in [2.75, 3.05) is 24.2 Å². The largest absolute Gasteiger partial charge is 0.357 e. The van der Waals surface area contributed by atoms with Crippen molar-refractivity contribution in [1.29, 1.82) is 0 Å². The summed E-state index contributed by atoms with van der Waals surface area (Å²) in [6, 6.07) is 11.0. The highest BCUT2D eigenvalue weighted by atomic mass is 35.5. The highest BCUT2D eigenvalue weighted by Gasteiger charge is 2.30. The van der Waals surface area contributed by atoms with Crippen LogP contribution >= 0.6 is 23.2 Å². The van der Waals surface area contributed by atoms with Crippen LogP contribution in [0.1, 0.15) is 18.1 Å². The molecule has 2 aromatic rings. The van der Waals surface area contributed by atoms with Gasteiger partial charge in [0.15, 0.2) is 0 Å². The van der Waals surface area contributed by atoms with Crippen molar-refractivity contribution < 1.29 is 18.0 Å². The quantitative estimate of drug-likeness (QED) is 0.621. The van der Waals surface area contributed by atoms with Crippen molar-refractivity contribution in [3.63, 3.8) is 0 Å². The van der Waals surface area contributed by atoms with Crippen LogP contribution in [0.25, 0.3) is 0 Å². The molecule has 2 amide bonds. The number of anilines is 1. The minimum Gasteiger partial charge on any atom is -0.357 e. The van der Waals surface area contributed by atoms with Crippen LogP contribution in [-0.2, 0) is 26.2 Å². The van der Waals surface area contributed by atoms with E-state index in [9.17, 15) is 18.0 Å². The summed E-state index contributed by atoms with van der Waals surface area (Å²) in [7, 11) is -2.38. The monoisotopic (exact) mass is 485 g/mol. The maximum Gasteiger partial charge on any atom is 0.244 e. The van der Waals surface area contributed by atoms with Crippen LogP contribution in [0, 0.1) is 6.92 Å². The van der Waals surface area contributed by atoms with Gasteiger partial charge < -0.3 is 10.2 Å². The Morgan fingerprint density at radius 1 is 1.13 bits per heavy atom. The number of carbonyl (C=O) groups is 2. The van der Waals surface area contributed by atoms with E-state index >= 15 is 0 Å². The number of rotatable bonds is 8. The van der Waals surface area contributed by atoms with Gasteiger partial charge in [-0.05, 0) is 43.2 Å². The minimum atomic E-state index is -3.86. The molecule has 0 fully saturated rings. The number of hydrogen-bond acceptors (Lipinski definition) is 4. The first-order valence-corrected chi connectivity index (χ1v) is 12.0. The van der Waals surface area contributed by atoms with Crippen molar-refractivity contribution in [3.05, 3.63) is 63.6 Å². The van der Waals surface area contributed by atoms with Crippen molar-refractivity contribution >= 4 is 50.7 Å². The number of halogens is 2. The summed E-state index contributed by atoms with van der Waals surface area (Å²) in [6.07, 6.45) is 0.985. The van der Waals surface area contributed by atoms with Gasteiger partial charge in [-0.15, -0.1) is 0 Å². The second-order valence-corrected chi connectivity index (χ2v) is 9.85. The Hall–Kier alpha value is -2.29. The molecule has 0 radical (unpaired) electrons. The molecule has 2 aromatic carbocycles. The van der Waals surface area contributed by atoms with E-state index in [-0.39, 0.29) is 23.2 Å². The first-order valence-electron chi connectivity index (χ1n) is 9.44. The molecule has 0 aliphatic heterocycles. The molecule has 0 spiro atoms. The first-order chi connectivity index (χ1) is 14.5. The number of nitrogens with zero attached hydrogens (tertiary/aromatic N) is 2. The van der Waals surface area contributed by atoms with E-state index in [0.29, 0.717) is 5.02 Å². The van der Waals surface area contributed by atoms with E-state index in [1.54, 1.807) is 6.92 Å². The lowest BCUT2D eigenvalue weighted by Crippen LogP contribution is -2.50. The first kappa shape index (κ1) is 25.0. The molecule has 31 heavy (non-hydrogen) atoms. The molecule has 10 heteroatoms. The van der Waals surface area contributed by atoms with Crippen LogP contribution in [0.4, 0.5) is 5.69 Å². The zero-order valence-electron chi connectivity index (χ0n) is 17.7. The van der Waals surface area contributed by atoms with Crippen molar-refractivity contribution in [2.45, 2.75) is 26.4 Å². The predicted octanol–water partition coefficient (Wildman–Crippen LogP) is 3.23.